The van der Waals surface area contributed by atoms with Crippen molar-refractivity contribution in [2.45, 2.75) is 32.9 Å². The van der Waals surface area contributed by atoms with Crippen LogP contribution in [0.3, 0.4) is 0 Å². The fourth-order valence-electron chi connectivity index (χ4n) is 2.29. The van der Waals surface area contributed by atoms with Gasteiger partial charge in [-0.25, -0.2) is 4.98 Å². The van der Waals surface area contributed by atoms with Gasteiger partial charge in [-0.05, 0) is 28.3 Å². The molecule has 0 unspecified atom stereocenters. The van der Waals surface area contributed by atoms with Gasteiger partial charge in [0, 0.05) is 6.61 Å². The molecule has 19 heavy (non-hydrogen) atoms. The first-order valence-electron chi connectivity index (χ1n) is 6.43. The van der Waals surface area contributed by atoms with Crippen molar-refractivity contribution < 1.29 is 9.53 Å². The molecule has 0 radical (unpaired) electrons. The van der Waals surface area contributed by atoms with Crippen LogP contribution in [0.1, 0.15) is 26.0 Å². The van der Waals surface area contributed by atoms with E-state index in [1.165, 1.54) is 0 Å². The zero-order valence-corrected chi connectivity index (χ0v) is 12.7. The maximum absolute atomic E-state index is 12.2. The molecular weight excluding hydrogens is 310 g/mol. The van der Waals surface area contributed by atoms with Gasteiger partial charge in [-0.3, -0.25) is 9.78 Å². The number of nitrogens with one attached hydrogen (secondary N) is 1. The molecule has 5 nitrogen and oxygen atoms in total. The van der Waals surface area contributed by atoms with E-state index in [4.69, 9.17) is 4.74 Å². The molecule has 1 saturated heterocycles. The van der Waals surface area contributed by atoms with Gasteiger partial charge in [-0.1, -0.05) is 13.8 Å². The monoisotopic (exact) mass is 327 g/mol. The van der Waals surface area contributed by atoms with E-state index in [-0.39, 0.29) is 17.9 Å². The van der Waals surface area contributed by atoms with Gasteiger partial charge in [0.1, 0.15) is 4.60 Å². The molecule has 2 rings (SSSR count). The highest BCUT2D eigenvalue weighted by Gasteiger charge is 2.35. The Morgan fingerprint density at radius 2 is 2.32 bits per heavy atom. The summed E-state index contributed by atoms with van der Waals surface area (Å²) in [5.41, 5.74) is 0.747. The second kappa shape index (κ2) is 6.43. The Labute approximate surface area is 121 Å². The van der Waals surface area contributed by atoms with Gasteiger partial charge in [0.05, 0.1) is 36.7 Å². The lowest BCUT2D eigenvalue weighted by atomic mass is 9.92. The number of nitrogens with zero attached hydrogens (tertiary/aromatic N) is 2. The van der Waals surface area contributed by atoms with E-state index >= 15 is 0 Å². The minimum Gasteiger partial charge on any atom is -0.377 e. The molecular formula is C13H18BrN3O2. The molecule has 1 aromatic rings. The van der Waals surface area contributed by atoms with Crippen LogP contribution in [0.25, 0.3) is 0 Å². The second-order valence-electron chi connectivity index (χ2n) is 5.02. The number of halogens is 1. The number of carbonyl (C=O) groups excluding carboxylic acids is 1. The van der Waals surface area contributed by atoms with Crippen LogP contribution in [-0.4, -0.2) is 28.6 Å². The highest BCUT2D eigenvalue weighted by Crippen LogP contribution is 2.26. The Kier molecular flexibility index (Phi) is 4.87. The minimum atomic E-state index is -0.0524. The number of rotatable bonds is 4. The van der Waals surface area contributed by atoms with Gasteiger partial charge in [-0.15, -0.1) is 0 Å². The van der Waals surface area contributed by atoms with Gasteiger partial charge in [-0.2, -0.15) is 0 Å². The average molecular weight is 328 g/mol. The number of ether oxygens (including phenoxy) is 1. The molecule has 2 heterocycles. The molecule has 1 fully saturated rings. The molecule has 6 heteroatoms. The normalized spacial score (nSPS) is 22.7. The Morgan fingerprint density at radius 3 is 2.95 bits per heavy atom. The van der Waals surface area contributed by atoms with Crippen LogP contribution in [-0.2, 0) is 16.1 Å². The van der Waals surface area contributed by atoms with Crippen LogP contribution in [0.5, 0.6) is 0 Å². The highest BCUT2D eigenvalue weighted by atomic mass is 79.9. The van der Waals surface area contributed by atoms with Crippen molar-refractivity contribution in [3.05, 3.63) is 22.7 Å². The maximum Gasteiger partial charge on any atom is 0.226 e. The van der Waals surface area contributed by atoms with Crippen molar-refractivity contribution in [2.75, 3.05) is 6.61 Å². The molecule has 2 atom stereocenters. The quantitative estimate of drug-likeness (QED) is 0.917. The van der Waals surface area contributed by atoms with Crippen molar-refractivity contribution in [2.24, 2.45) is 11.8 Å². The summed E-state index contributed by atoms with van der Waals surface area (Å²) in [6.07, 6.45) is 4.09. The summed E-state index contributed by atoms with van der Waals surface area (Å²) < 4.78 is 6.31. The number of amides is 1. The first kappa shape index (κ1) is 14.4. The fraction of sp³-hybridized carbons (Fsp3) is 0.615. The van der Waals surface area contributed by atoms with Crippen molar-refractivity contribution in [1.82, 2.24) is 15.3 Å². The lowest BCUT2D eigenvalue weighted by Gasteiger charge is -2.21. The average Bonchev–Trinajstić information content (AvgIpc) is 2.87. The van der Waals surface area contributed by atoms with E-state index in [2.05, 4.69) is 45.1 Å². The van der Waals surface area contributed by atoms with Crippen molar-refractivity contribution in [1.29, 1.82) is 0 Å². The molecule has 1 aromatic heterocycles. The van der Waals surface area contributed by atoms with E-state index in [9.17, 15) is 4.79 Å². The number of hydrogen-bond donors (Lipinski definition) is 1. The Bertz CT molecular complexity index is 436. The summed E-state index contributed by atoms with van der Waals surface area (Å²) in [7, 11) is 0. The number of hydrogen-bond acceptors (Lipinski definition) is 4. The van der Waals surface area contributed by atoms with Crippen LogP contribution in [0.2, 0.25) is 0 Å². The summed E-state index contributed by atoms with van der Waals surface area (Å²) >= 11 is 3.23. The predicted octanol–water partition coefficient (Wildman–Crippen LogP) is 1.92. The van der Waals surface area contributed by atoms with Crippen LogP contribution in [0.4, 0.5) is 0 Å². The summed E-state index contributed by atoms with van der Waals surface area (Å²) in [5.74, 6) is 0.343. The van der Waals surface area contributed by atoms with Crippen LogP contribution in [0, 0.1) is 11.8 Å². The van der Waals surface area contributed by atoms with E-state index in [0.29, 0.717) is 23.7 Å². The molecule has 0 spiro atoms. The SMILES string of the molecule is CC(C)[C@@H]1OCC[C@H]1C(=O)NCc1cnc(Br)cn1. The first-order chi connectivity index (χ1) is 9.08. The third kappa shape index (κ3) is 3.73. The second-order valence-corrected chi connectivity index (χ2v) is 5.84. The lowest BCUT2D eigenvalue weighted by molar-refractivity contribution is -0.127. The molecule has 1 aliphatic heterocycles. The summed E-state index contributed by atoms with van der Waals surface area (Å²) in [6.45, 7) is 5.23. The smallest absolute Gasteiger partial charge is 0.226 e. The third-order valence-electron chi connectivity index (χ3n) is 3.25. The van der Waals surface area contributed by atoms with E-state index < -0.39 is 0 Å². The lowest BCUT2D eigenvalue weighted by Crippen LogP contribution is -2.37. The summed E-state index contributed by atoms with van der Waals surface area (Å²) in [6, 6.07) is 0. The van der Waals surface area contributed by atoms with Crippen molar-refractivity contribution >= 4 is 21.8 Å². The largest absolute Gasteiger partial charge is 0.377 e. The standard InChI is InChI=1S/C13H18BrN3O2/c1-8(2)12-10(3-4-19-12)13(18)17-6-9-5-16-11(14)7-15-9/h5,7-8,10,12H,3-4,6H2,1-2H3,(H,17,18)/t10-,12+/m1/s1. The Morgan fingerprint density at radius 1 is 1.53 bits per heavy atom. The molecule has 0 bridgehead atoms. The van der Waals surface area contributed by atoms with E-state index in [1.54, 1.807) is 12.4 Å². The minimum absolute atomic E-state index is 0.0241. The molecule has 1 amide bonds. The van der Waals surface area contributed by atoms with Crippen LogP contribution in [0.15, 0.2) is 17.0 Å². The highest BCUT2D eigenvalue weighted by molar-refractivity contribution is 9.10. The van der Waals surface area contributed by atoms with Gasteiger partial charge in [0.25, 0.3) is 0 Å². The van der Waals surface area contributed by atoms with Gasteiger partial charge >= 0.3 is 0 Å². The molecule has 0 saturated carbocycles. The van der Waals surface area contributed by atoms with Crippen LogP contribution < -0.4 is 5.32 Å². The third-order valence-corrected chi connectivity index (χ3v) is 3.66. The predicted molar refractivity (Wildman–Crippen MR) is 74.3 cm³/mol. The Balaban J connectivity index is 1.89. The molecule has 1 N–H and O–H groups in total. The van der Waals surface area contributed by atoms with Gasteiger partial charge < -0.3 is 10.1 Å². The van der Waals surface area contributed by atoms with Crippen LogP contribution >= 0.6 is 15.9 Å². The summed E-state index contributed by atoms with van der Waals surface area (Å²) in [5, 5.41) is 2.91. The molecule has 0 aromatic carbocycles. The molecule has 0 aliphatic carbocycles. The van der Waals surface area contributed by atoms with Gasteiger partial charge in [0.15, 0.2) is 0 Å². The topological polar surface area (TPSA) is 64.1 Å². The van der Waals surface area contributed by atoms with E-state index in [1.807, 2.05) is 0 Å². The zero-order valence-electron chi connectivity index (χ0n) is 11.1. The fourth-order valence-corrected chi connectivity index (χ4v) is 2.49. The van der Waals surface area contributed by atoms with E-state index in [0.717, 1.165) is 12.1 Å². The molecule has 104 valence electrons. The summed E-state index contributed by atoms with van der Waals surface area (Å²) in [4.78, 5) is 20.4. The van der Waals surface area contributed by atoms with Gasteiger partial charge in [0.2, 0.25) is 5.91 Å². The number of aromatic nitrogens is 2. The molecule has 1 aliphatic rings. The number of carbonyl (C=O) groups is 1. The van der Waals surface area contributed by atoms with Crippen molar-refractivity contribution in [3.63, 3.8) is 0 Å². The van der Waals surface area contributed by atoms with Crippen molar-refractivity contribution in [3.8, 4) is 0 Å². The maximum atomic E-state index is 12.2. The first-order valence-corrected chi connectivity index (χ1v) is 7.23. The Hall–Kier alpha value is -1.01. The zero-order chi connectivity index (χ0) is 13.8.